The number of carbonyl (C=O) groups excluding carboxylic acids is 1. The van der Waals surface area contributed by atoms with Crippen molar-refractivity contribution in [3.8, 4) is 11.5 Å². The number of ether oxygens (including phenoxy) is 3. The topological polar surface area (TPSA) is 85.3 Å². The van der Waals surface area contributed by atoms with Crippen molar-refractivity contribution >= 4 is 11.9 Å². The van der Waals surface area contributed by atoms with Gasteiger partial charge in [-0.1, -0.05) is 0 Å². The van der Waals surface area contributed by atoms with Gasteiger partial charge in [-0.25, -0.2) is 0 Å². The zero-order valence-electron chi connectivity index (χ0n) is 16.1. The van der Waals surface area contributed by atoms with Crippen molar-refractivity contribution in [1.29, 1.82) is 0 Å². The maximum atomic E-state index is 13.2. The molecule has 1 aromatic rings. The minimum Gasteiger partial charge on any atom is -0.493 e. The number of aliphatic carboxylic acids is 1. The van der Waals surface area contributed by atoms with Gasteiger partial charge in [0.2, 0.25) is 5.91 Å². The fourth-order valence-corrected chi connectivity index (χ4v) is 4.13. The van der Waals surface area contributed by atoms with Crippen molar-refractivity contribution < 1.29 is 28.9 Å². The highest BCUT2D eigenvalue weighted by Gasteiger charge is 2.37. The van der Waals surface area contributed by atoms with Crippen LogP contribution in [0.15, 0.2) is 12.1 Å². The molecule has 3 atom stereocenters. The molecule has 0 aliphatic carbocycles. The molecule has 1 aromatic carbocycles. The van der Waals surface area contributed by atoms with Crippen molar-refractivity contribution in [2.24, 2.45) is 5.92 Å². The number of carbonyl (C=O) groups is 2. The van der Waals surface area contributed by atoms with Crippen molar-refractivity contribution in [1.82, 2.24) is 4.90 Å². The number of rotatable bonds is 5. The Bertz CT molecular complexity index is 719. The number of hydrogen-bond acceptors (Lipinski definition) is 5. The van der Waals surface area contributed by atoms with E-state index in [2.05, 4.69) is 0 Å². The Morgan fingerprint density at radius 3 is 2.59 bits per heavy atom. The summed E-state index contributed by atoms with van der Waals surface area (Å²) in [6.07, 6.45) is 1.93. The van der Waals surface area contributed by atoms with E-state index < -0.39 is 12.0 Å². The zero-order chi connectivity index (χ0) is 19.6. The summed E-state index contributed by atoms with van der Waals surface area (Å²) in [5.41, 5.74) is 1.83. The van der Waals surface area contributed by atoms with Gasteiger partial charge in [0.05, 0.1) is 32.8 Å². The maximum absolute atomic E-state index is 13.2. The summed E-state index contributed by atoms with van der Waals surface area (Å²) >= 11 is 0. The molecule has 2 heterocycles. The molecule has 2 aliphatic heterocycles. The lowest BCUT2D eigenvalue weighted by Gasteiger charge is -2.40. The highest BCUT2D eigenvalue weighted by molar-refractivity contribution is 5.81. The van der Waals surface area contributed by atoms with Crippen LogP contribution in [0.2, 0.25) is 0 Å². The third kappa shape index (κ3) is 4.03. The molecule has 0 radical (unpaired) electrons. The van der Waals surface area contributed by atoms with E-state index in [4.69, 9.17) is 14.2 Å². The van der Waals surface area contributed by atoms with Crippen molar-refractivity contribution in [2.75, 3.05) is 27.4 Å². The summed E-state index contributed by atoms with van der Waals surface area (Å²) in [4.78, 5) is 26.5. The number of nitrogens with zero attached hydrogens (tertiary/aromatic N) is 1. The summed E-state index contributed by atoms with van der Waals surface area (Å²) in [5, 5.41) is 9.46. The molecule has 148 valence electrons. The Kier molecular flexibility index (Phi) is 5.89. The van der Waals surface area contributed by atoms with Crippen LogP contribution in [-0.4, -0.2) is 55.4 Å². The van der Waals surface area contributed by atoms with Gasteiger partial charge >= 0.3 is 5.97 Å². The van der Waals surface area contributed by atoms with Gasteiger partial charge in [-0.15, -0.1) is 0 Å². The molecular weight excluding hydrogens is 350 g/mol. The minimum absolute atomic E-state index is 0.0248. The van der Waals surface area contributed by atoms with E-state index in [-0.39, 0.29) is 24.3 Å². The van der Waals surface area contributed by atoms with Crippen LogP contribution in [0.1, 0.15) is 43.4 Å². The first-order valence-electron chi connectivity index (χ1n) is 9.33. The lowest BCUT2D eigenvalue weighted by Crippen LogP contribution is -2.45. The SMILES string of the molecule is COc1cc2c(cc1OC)C(CC(=O)O)N(C(=O)C1CCOC(C)C1)CC2. The second-order valence-electron chi connectivity index (χ2n) is 7.20. The molecule has 0 saturated carbocycles. The molecule has 1 fully saturated rings. The standard InChI is InChI=1S/C20H27NO6/c1-12-8-14(5-7-27-12)20(24)21-6-4-13-9-17(25-2)18(26-3)10-15(13)16(21)11-19(22)23/h9-10,12,14,16H,4-8,11H2,1-3H3,(H,22,23). The zero-order valence-corrected chi connectivity index (χ0v) is 16.1. The molecule has 2 aliphatic rings. The third-order valence-corrected chi connectivity index (χ3v) is 5.49. The summed E-state index contributed by atoms with van der Waals surface area (Å²) < 4.78 is 16.3. The summed E-state index contributed by atoms with van der Waals surface area (Å²) in [6.45, 7) is 3.04. The van der Waals surface area contributed by atoms with Gasteiger partial charge < -0.3 is 24.2 Å². The van der Waals surface area contributed by atoms with Gasteiger partial charge in [0.25, 0.3) is 0 Å². The molecule has 7 heteroatoms. The fourth-order valence-electron chi connectivity index (χ4n) is 4.13. The van der Waals surface area contributed by atoms with E-state index >= 15 is 0 Å². The Balaban J connectivity index is 1.94. The van der Waals surface area contributed by atoms with E-state index in [0.717, 1.165) is 11.1 Å². The second kappa shape index (κ2) is 8.17. The highest BCUT2D eigenvalue weighted by atomic mass is 16.5. The second-order valence-corrected chi connectivity index (χ2v) is 7.20. The van der Waals surface area contributed by atoms with Crippen molar-refractivity contribution in [3.63, 3.8) is 0 Å². The van der Waals surface area contributed by atoms with Gasteiger partial charge in [0.15, 0.2) is 11.5 Å². The van der Waals surface area contributed by atoms with Crippen molar-refractivity contribution in [3.05, 3.63) is 23.3 Å². The van der Waals surface area contributed by atoms with Gasteiger partial charge in [-0.3, -0.25) is 9.59 Å². The van der Waals surface area contributed by atoms with Gasteiger partial charge in [0, 0.05) is 19.1 Å². The first kappa shape index (κ1) is 19.5. The number of carboxylic acid groups (broad SMARTS) is 1. The summed E-state index contributed by atoms with van der Waals surface area (Å²) in [7, 11) is 3.12. The lowest BCUT2D eigenvalue weighted by atomic mass is 9.87. The number of hydrogen-bond donors (Lipinski definition) is 1. The first-order valence-corrected chi connectivity index (χ1v) is 9.33. The van der Waals surface area contributed by atoms with E-state index in [1.165, 1.54) is 0 Å². The number of benzene rings is 1. The number of amides is 1. The number of carboxylic acids is 1. The molecule has 3 rings (SSSR count). The Labute approximate surface area is 159 Å². The normalized spacial score (nSPS) is 24.9. The molecular formula is C20H27NO6. The lowest BCUT2D eigenvalue weighted by molar-refractivity contribution is -0.146. The summed E-state index contributed by atoms with van der Waals surface area (Å²) in [6, 6.07) is 3.20. The molecule has 27 heavy (non-hydrogen) atoms. The van der Waals surface area contributed by atoms with Crippen LogP contribution in [0, 0.1) is 5.92 Å². The molecule has 0 aromatic heterocycles. The number of methoxy groups -OCH3 is 2. The molecule has 1 amide bonds. The number of fused-ring (bicyclic) bond motifs is 1. The predicted molar refractivity (Wildman–Crippen MR) is 98.1 cm³/mol. The van der Waals surface area contributed by atoms with Crippen LogP contribution < -0.4 is 9.47 Å². The summed E-state index contributed by atoms with van der Waals surface area (Å²) in [5.74, 6) is 0.133. The van der Waals surface area contributed by atoms with Crippen LogP contribution in [-0.2, 0) is 20.7 Å². The Hall–Kier alpha value is -2.28. The van der Waals surface area contributed by atoms with Crippen LogP contribution in [0.4, 0.5) is 0 Å². The molecule has 3 unspecified atom stereocenters. The van der Waals surface area contributed by atoms with Crippen LogP contribution in [0.25, 0.3) is 0 Å². The minimum atomic E-state index is -0.930. The third-order valence-electron chi connectivity index (χ3n) is 5.49. The fraction of sp³-hybridized carbons (Fsp3) is 0.600. The van der Waals surface area contributed by atoms with E-state index in [9.17, 15) is 14.7 Å². The van der Waals surface area contributed by atoms with E-state index in [1.54, 1.807) is 19.1 Å². The van der Waals surface area contributed by atoms with E-state index in [1.807, 2.05) is 19.1 Å². The van der Waals surface area contributed by atoms with Crippen LogP contribution in [0.5, 0.6) is 11.5 Å². The van der Waals surface area contributed by atoms with Crippen LogP contribution >= 0.6 is 0 Å². The van der Waals surface area contributed by atoms with Gasteiger partial charge in [0.1, 0.15) is 0 Å². The average molecular weight is 377 g/mol. The first-order chi connectivity index (χ1) is 12.9. The van der Waals surface area contributed by atoms with Crippen molar-refractivity contribution in [2.45, 2.75) is 44.8 Å². The largest absolute Gasteiger partial charge is 0.493 e. The monoisotopic (exact) mass is 377 g/mol. The maximum Gasteiger partial charge on any atom is 0.305 e. The average Bonchev–Trinajstić information content (AvgIpc) is 2.66. The van der Waals surface area contributed by atoms with E-state index in [0.29, 0.717) is 43.9 Å². The highest BCUT2D eigenvalue weighted by Crippen LogP contribution is 2.40. The van der Waals surface area contributed by atoms with Gasteiger partial charge in [-0.2, -0.15) is 0 Å². The Morgan fingerprint density at radius 1 is 1.26 bits per heavy atom. The quantitative estimate of drug-likeness (QED) is 0.848. The smallest absolute Gasteiger partial charge is 0.305 e. The molecule has 7 nitrogen and oxygen atoms in total. The molecule has 1 saturated heterocycles. The molecule has 1 N–H and O–H groups in total. The van der Waals surface area contributed by atoms with Crippen LogP contribution in [0.3, 0.4) is 0 Å². The predicted octanol–water partition coefficient (Wildman–Crippen LogP) is 2.42. The molecule has 0 spiro atoms. The molecule has 0 bridgehead atoms. The Morgan fingerprint density at radius 2 is 1.96 bits per heavy atom. The van der Waals surface area contributed by atoms with Gasteiger partial charge in [-0.05, 0) is 49.4 Å².